The number of aromatic nitrogens is 2. The van der Waals surface area contributed by atoms with Gasteiger partial charge in [0.15, 0.2) is 0 Å². The van der Waals surface area contributed by atoms with Crippen LogP contribution in [0.25, 0.3) is 0 Å². The van der Waals surface area contributed by atoms with Gasteiger partial charge in [0.05, 0.1) is 17.9 Å². The molecule has 8 nitrogen and oxygen atoms in total. The molecule has 0 spiro atoms. The van der Waals surface area contributed by atoms with E-state index < -0.39 is 17.4 Å². The summed E-state index contributed by atoms with van der Waals surface area (Å²) in [5.41, 5.74) is 8.15. The second-order valence-corrected chi connectivity index (χ2v) is 6.57. The topological polar surface area (TPSA) is 130 Å². The number of aryl methyl sites for hydroxylation is 2. The minimum absolute atomic E-state index is 0.0405. The molecule has 0 aliphatic rings. The number of nitrogens with two attached hydrogens (primary N) is 1. The Hall–Kier alpha value is -3.94. The molecule has 3 aromatic rings. The van der Waals surface area contributed by atoms with Crippen molar-refractivity contribution in [3.8, 4) is 0 Å². The Labute approximate surface area is 167 Å². The van der Waals surface area contributed by atoms with Gasteiger partial charge in [-0.25, -0.2) is 0 Å². The Morgan fingerprint density at radius 3 is 2.48 bits per heavy atom. The lowest BCUT2D eigenvalue weighted by molar-refractivity contribution is 0.0998. The van der Waals surface area contributed by atoms with E-state index >= 15 is 0 Å². The smallest absolute Gasteiger partial charge is 0.263 e. The van der Waals surface area contributed by atoms with Crippen molar-refractivity contribution in [3.05, 3.63) is 87.1 Å². The lowest BCUT2D eigenvalue weighted by Crippen LogP contribution is -2.26. The van der Waals surface area contributed by atoms with Crippen LogP contribution < -0.4 is 21.9 Å². The molecule has 2 aromatic heterocycles. The highest BCUT2D eigenvalue weighted by atomic mass is 16.2. The third kappa shape index (κ3) is 4.49. The Morgan fingerprint density at radius 2 is 1.86 bits per heavy atom. The van der Waals surface area contributed by atoms with Crippen LogP contribution in [0.4, 0.5) is 11.4 Å². The van der Waals surface area contributed by atoms with E-state index in [2.05, 4.69) is 20.6 Å². The fourth-order valence-electron chi connectivity index (χ4n) is 3.02. The summed E-state index contributed by atoms with van der Waals surface area (Å²) in [5.74, 6) is -1.11. The number of carbonyl (C=O) groups excluding carboxylic acids is 2. The van der Waals surface area contributed by atoms with Gasteiger partial charge in [-0.1, -0.05) is 6.07 Å². The maximum Gasteiger partial charge on any atom is 0.263 e. The molecule has 3 rings (SSSR count). The molecule has 0 fully saturated rings. The van der Waals surface area contributed by atoms with Gasteiger partial charge >= 0.3 is 0 Å². The summed E-state index contributed by atoms with van der Waals surface area (Å²) in [6.45, 7) is 3.87. The third-order valence-electron chi connectivity index (χ3n) is 4.43. The molecule has 2 amide bonds. The highest BCUT2D eigenvalue weighted by Crippen LogP contribution is 2.23. The van der Waals surface area contributed by atoms with Gasteiger partial charge in [-0.3, -0.25) is 19.4 Å². The quantitative estimate of drug-likeness (QED) is 0.512. The standard InChI is InChI=1S/C21H21N5O3/c1-12-9-14(19(22)27)10-13(2)18(12)26-21(29)17-16(6-8-24-20(17)28)25-11-15-5-3-4-7-23-15/h3-10H,11H2,1-2H3,(H2,22,27)(H,26,29)(H2,24,25,28). The van der Waals surface area contributed by atoms with Gasteiger partial charge in [0.25, 0.3) is 11.5 Å². The number of pyridine rings is 2. The number of nitrogens with zero attached hydrogens (tertiary/aromatic N) is 1. The summed E-state index contributed by atoms with van der Waals surface area (Å²) in [7, 11) is 0. The molecule has 0 unspecified atom stereocenters. The molecule has 2 heterocycles. The van der Waals surface area contributed by atoms with Crippen molar-refractivity contribution in [1.82, 2.24) is 9.97 Å². The molecular weight excluding hydrogens is 370 g/mol. The summed E-state index contributed by atoms with van der Waals surface area (Å²) < 4.78 is 0. The van der Waals surface area contributed by atoms with Crippen LogP contribution in [0, 0.1) is 13.8 Å². The number of benzene rings is 1. The molecule has 0 saturated heterocycles. The first-order valence-corrected chi connectivity index (χ1v) is 8.94. The highest BCUT2D eigenvalue weighted by molar-refractivity contribution is 6.08. The van der Waals surface area contributed by atoms with Crippen LogP contribution in [0.15, 0.2) is 53.6 Å². The molecule has 29 heavy (non-hydrogen) atoms. The van der Waals surface area contributed by atoms with E-state index in [9.17, 15) is 14.4 Å². The van der Waals surface area contributed by atoms with E-state index in [0.29, 0.717) is 34.6 Å². The maximum absolute atomic E-state index is 12.9. The monoisotopic (exact) mass is 391 g/mol. The van der Waals surface area contributed by atoms with Gasteiger partial charge in [-0.15, -0.1) is 0 Å². The second kappa shape index (κ2) is 8.39. The molecule has 8 heteroatoms. The Balaban J connectivity index is 1.88. The van der Waals surface area contributed by atoms with Crippen molar-refractivity contribution in [2.24, 2.45) is 5.73 Å². The number of aromatic amines is 1. The summed E-state index contributed by atoms with van der Waals surface area (Å²) in [4.78, 5) is 43.4. The molecule has 5 N–H and O–H groups in total. The van der Waals surface area contributed by atoms with Gasteiger partial charge < -0.3 is 21.4 Å². The fourth-order valence-corrected chi connectivity index (χ4v) is 3.02. The maximum atomic E-state index is 12.9. The van der Waals surface area contributed by atoms with E-state index in [1.807, 2.05) is 18.2 Å². The van der Waals surface area contributed by atoms with Crippen molar-refractivity contribution in [2.45, 2.75) is 20.4 Å². The molecule has 0 radical (unpaired) electrons. The van der Waals surface area contributed by atoms with E-state index in [0.717, 1.165) is 5.69 Å². The lowest BCUT2D eigenvalue weighted by Gasteiger charge is -2.15. The van der Waals surface area contributed by atoms with E-state index in [-0.39, 0.29) is 5.56 Å². The number of hydrogen-bond acceptors (Lipinski definition) is 5. The highest BCUT2D eigenvalue weighted by Gasteiger charge is 2.18. The number of carbonyl (C=O) groups is 2. The molecule has 0 aliphatic carbocycles. The summed E-state index contributed by atoms with van der Waals surface area (Å²) in [6, 6.07) is 10.3. The van der Waals surface area contributed by atoms with Crippen LogP contribution in [-0.2, 0) is 6.54 Å². The predicted molar refractivity (Wildman–Crippen MR) is 111 cm³/mol. The van der Waals surface area contributed by atoms with Gasteiger partial charge in [-0.05, 0) is 55.3 Å². The Morgan fingerprint density at radius 1 is 1.14 bits per heavy atom. The molecule has 0 aliphatic heterocycles. The van der Waals surface area contributed by atoms with Gasteiger partial charge in [0.2, 0.25) is 5.91 Å². The van der Waals surface area contributed by atoms with Crippen molar-refractivity contribution in [2.75, 3.05) is 10.6 Å². The zero-order chi connectivity index (χ0) is 21.0. The van der Waals surface area contributed by atoms with Crippen molar-refractivity contribution >= 4 is 23.2 Å². The number of H-pyrrole nitrogens is 1. The zero-order valence-corrected chi connectivity index (χ0v) is 16.1. The lowest BCUT2D eigenvalue weighted by atomic mass is 10.0. The molecule has 1 aromatic carbocycles. The third-order valence-corrected chi connectivity index (χ3v) is 4.43. The molecular formula is C21H21N5O3. The van der Waals surface area contributed by atoms with E-state index in [1.165, 1.54) is 6.20 Å². The average Bonchev–Trinajstić information content (AvgIpc) is 2.69. The van der Waals surface area contributed by atoms with Crippen molar-refractivity contribution < 1.29 is 9.59 Å². The van der Waals surface area contributed by atoms with Crippen LogP contribution in [0.5, 0.6) is 0 Å². The van der Waals surface area contributed by atoms with Crippen LogP contribution >= 0.6 is 0 Å². The van der Waals surface area contributed by atoms with Gasteiger partial charge in [0.1, 0.15) is 5.56 Å². The number of rotatable bonds is 6. The van der Waals surface area contributed by atoms with Crippen molar-refractivity contribution in [3.63, 3.8) is 0 Å². The fraction of sp³-hybridized carbons (Fsp3) is 0.143. The largest absolute Gasteiger partial charge is 0.379 e. The average molecular weight is 391 g/mol. The van der Waals surface area contributed by atoms with Gasteiger partial charge in [0, 0.05) is 23.6 Å². The zero-order valence-electron chi connectivity index (χ0n) is 16.1. The number of nitrogens with one attached hydrogen (secondary N) is 3. The Bertz CT molecular complexity index is 1100. The SMILES string of the molecule is Cc1cc(C(N)=O)cc(C)c1NC(=O)c1c(NCc2ccccn2)cc[nH]c1=O. The minimum Gasteiger partial charge on any atom is -0.379 e. The molecule has 148 valence electrons. The minimum atomic E-state index is -0.562. The molecule has 0 saturated carbocycles. The van der Waals surface area contributed by atoms with Gasteiger partial charge in [-0.2, -0.15) is 0 Å². The second-order valence-electron chi connectivity index (χ2n) is 6.57. The van der Waals surface area contributed by atoms with Crippen LogP contribution in [0.2, 0.25) is 0 Å². The number of amides is 2. The summed E-state index contributed by atoms with van der Waals surface area (Å²) in [5, 5.41) is 5.86. The first-order chi connectivity index (χ1) is 13.9. The predicted octanol–water partition coefficient (Wildman–Crippen LogP) is 2.35. The summed E-state index contributed by atoms with van der Waals surface area (Å²) in [6.07, 6.45) is 3.14. The van der Waals surface area contributed by atoms with Crippen LogP contribution in [0.1, 0.15) is 37.5 Å². The normalized spacial score (nSPS) is 10.4. The number of primary amides is 1. The van der Waals surface area contributed by atoms with E-state index in [4.69, 9.17) is 5.73 Å². The summed E-state index contributed by atoms with van der Waals surface area (Å²) >= 11 is 0. The number of anilines is 2. The van der Waals surface area contributed by atoms with Crippen LogP contribution in [-0.4, -0.2) is 21.8 Å². The Kier molecular flexibility index (Phi) is 5.73. The van der Waals surface area contributed by atoms with E-state index in [1.54, 1.807) is 38.2 Å². The van der Waals surface area contributed by atoms with Crippen molar-refractivity contribution in [1.29, 1.82) is 0 Å². The first-order valence-electron chi connectivity index (χ1n) is 8.94. The van der Waals surface area contributed by atoms with Crippen LogP contribution in [0.3, 0.4) is 0 Å². The first kappa shape index (κ1) is 19.8. The molecule has 0 atom stereocenters. The number of hydrogen-bond donors (Lipinski definition) is 4. The molecule has 0 bridgehead atoms.